The minimum absolute atomic E-state index is 1.12. The highest BCUT2D eigenvalue weighted by atomic mass is 15.1. The third kappa shape index (κ3) is 5.82. The zero-order valence-corrected chi connectivity index (χ0v) is 31.2. The quantitative estimate of drug-likeness (QED) is 0.149. The van der Waals surface area contributed by atoms with Gasteiger partial charge in [-0.3, -0.25) is 0 Å². The second kappa shape index (κ2) is 14.2. The predicted octanol–water partition coefficient (Wildman–Crippen LogP) is 15.6. The molecule has 1 nitrogen and oxygen atoms in total. The number of fused-ring (bicyclic) bond motifs is 6. The fourth-order valence-corrected chi connectivity index (χ4v) is 8.55. The molecule has 0 aliphatic heterocycles. The van der Waals surface area contributed by atoms with Gasteiger partial charge in [0.25, 0.3) is 0 Å². The molecule has 0 bridgehead atoms. The van der Waals surface area contributed by atoms with Crippen LogP contribution in [0.3, 0.4) is 0 Å². The molecule has 0 spiro atoms. The Hall–Kier alpha value is -7.22. The topological polar surface area (TPSA) is 3.24 Å². The first-order chi connectivity index (χ1) is 27.7. The van der Waals surface area contributed by atoms with Crippen LogP contribution >= 0.6 is 0 Å². The summed E-state index contributed by atoms with van der Waals surface area (Å²) in [6.07, 6.45) is 0. The van der Waals surface area contributed by atoms with E-state index < -0.39 is 0 Å². The molecule has 0 aliphatic carbocycles. The molecule has 10 rings (SSSR count). The number of anilines is 3. The molecular formula is C55H39N. The van der Waals surface area contributed by atoms with Gasteiger partial charge < -0.3 is 4.90 Å². The van der Waals surface area contributed by atoms with Gasteiger partial charge >= 0.3 is 0 Å². The molecule has 0 unspecified atom stereocenters. The molecule has 10 aromatic rings. The first kappa shape index (κ1) is 33.4. The van der Waals surface area contributed by atoms with E-state index in [2.05, 4.69) is 230 Å². The van der Waals surface area contributed by atoms with E-state index in [1.54, 1.807) is 0 Å². The van der Waals surface area contributed by atoms with E-state index in [-0.39, 0.29) is 0 Å². The van der Waals surface area contributed by atoms with Gasteiger partial charge in [0.15, 0.2) is 0 Å². The van der Waals surface area contributed by atoms with E-state index in [0.717, 1.165) is 17.1 Å². The van der Waals surface area contributed by atoms with E-state index in [9.17, 15) is 0 Å². The average molecular weight is 714 g/mol. The maximum Gasteiger partial charge on any atom is 0.0490 e. The van der Waals surface area contributed by atoms with Crippen LogP contribution in [0.25, 0.3) is 76.8 Å². The summed E-state index contributed by atoms with van der Waals surface area (Å²) >= 11 is 0. The molecule has 0 saturated heterocycles. The van der Waals surface area contributed by atoms with Crippen molar-refractivity contribution < 1.29 is 0 Å². The molecule has 264 valence electrons. The normalized spacial score (nSPS) is 11.3. The van der Waals surface area contributed by atoms with Gasteiger partial charge in [-0.15, -0.1) is 0 Å². The number of hydrogen-bond donors (Lipinski definition) is 0. The van der Waals surface area contributed by atoms with Gasteiger partial charge in [0.2, 0.25) is 0 Å². The number of benzene rings is 10. The fraction of sp³-hybridized carbons (Fsp3) is 0.0182. The van der Waals surface area contributed by atoms with Crippen LogP contribution in [-0.4, -0.2) is 0 Å². The summed E-state index contributed by atoms with van der Waals surface area (Å²) < 4.78 is 0. The first-order valence-corrected chi connectivity index (χ1v) is 19.4. The van der Waals surface area contributed by atoms with Crippen molar-refractivity contribution in [2.45, 2.75) is 6.92 Å². The number of para-hydroxylation sites is 1. The highest BCUT2D eigenvalue weighted by molar-refractivity contribution is 6.33. The Morgan fingerprint density at radius 3 is 1.43 bits per heavy atom. The molecular weight excluding hydrogens is 675 g/mol. The Balaban J connectivity index is 1.31. The summed E-state index contributed by atoms with van der Waals surface area (Å²) in [6, 6.07) is 79.5. The van der Waals surface area contributed by atoms with Crippen molar-refractivity contribution in [1.82, 2.24) is 0 Å². The Morgan fingerprint density at radius 2 is 0.786 bits per heavy atom. The summed E-state index contributed by atoms with van der Waals surface area (Å²) in [7, 11) is 0. The van der Waals surface area contributed by atoms with Gasteiger partial charge in [-0.1, -0.05) is 182 Å². The van der Waals surface area contributed by atoms with Crippen molar-refractivity contribution in [2.75, 3.05) is 4.90 Å². The van der Waals surface area contributed by atoms with E-state index in [1.807, 2.05) is 0 Å². The Morgan fingerprint density at radius 1 is 0.304 bits per heavy atom. The minimum Gasteiger partial charge on any atom is -0.310 e. The predicted molar refractivity (Wildman–Crippen MR) is 240 cm³/mol. The van der Waals surface area contributed by atoms with Crippen molar-refractivity contribution in [3.8, 4) is 44.5 Å². The minimum atomic E-state index is 1.12. The highest BCUT2D eigenvalue weighted by Crippen LogP contribution is 2.50. The van der Waals surface area contributed by atoms with Crippen LogP contribution in [0.15, 0.2) is 218 Å². The van der Waals surface area contributed by atoms with Gasteiger partial charge in [-0.05, 0) is 126 Å². The lowest BCUT2D eigenvalue weighted by Crippen LogP contribution is -2.11. The monoisotopic (exact) mass is 713 g/mol. The van der Waals surface area contributed by atoms with Gasteiger partial charge in [-0.25, -0.2) is 0 Å². The van der Waals surface area contributed by atoms with Crippen LogP contribution in [-0.2, 0) is 0 Å². The van der Waals surface area contributed by atoms with Crippen LogP contribution in [0.5, 0.6) is 0 Å². The lowest BCUT2D eigenvalue weighted by molar-refractivity contribution is 1.25. The molecule has 0 heterocycles. The largest absolute Gasteiger partial charge is 0.310 e. The molecule has 0 saturated carbocycles. The van der Waals surface area contributed by atoms with Crippen molar-refractivity contribution in [2.24, 2.45) is 0 Å². The van der Waals surface area contributed by atoms with Crippen molar-refractivity contribution in [3.63, 3.8) is 0 Å². The van der Waals surface area contributed by atoms with Crippen LogP contribution in [0.2, 0.25) is 0 Å². The average Bonchev–Trinajstić information content (AvgIpc) is 3.28. The lowest BCUT2D eigenvalue weighted by Gasteiger charge is -2.28. The molecule has 1 heteroatoms. The van der Waals surface area contributed by atoms with Gasteiger partial charge in [0.05, 0.1) is 0 Å². The summed E-state index contributed by atoms with van der Waals surface area (Å²) in [6.45, 7) is 2.20. The highest BCUT2D eigenvalue weighted by Gasteiger charge is 2.23. The maximum absolute atomic E-state index is 2.43. The van der Waals surface area contributed by atoms with Crippen LogP contribution in [0, 0.1) is 6.92 Å². The Bertz CT molecular complexity index is 2990. The maximum atomic E-state index is 2.43. The van der Waals surface area contributed by atoms with Crippen molar-refractivity contribution in [1.29, 1.82) is 0 Å². The third-order valence-corrected chi connectivity index (χ3v) is 11.2. The van der Waals surface area contributed by atoms with E-state index in [1.165, 1.54) is 82.4 Å². The molecule has 0 N–H and O–H groups in total. The van der Waals surface area contributed by atoms with E-state index >= 15 is 0 Å². The zero-order valence-electron chi connectivity index (χ0n) is 31.2. The van der Waals surface area contributed by atoms with E-state index in [4.69, 9.17) is 0 Å². The SMILES string of the molecule is Cc1ccccc1N(c1ccc(-c2ccccc2)cc1)c1ccc2c(c1)c1ccccc1c1c(-c3ccccc3)cc(-c3ccccc3)c(-c3ccccc3)c21. The summed E-state index contributed by atoms with van der Waals surface area (Å²) in [4.78, 5) is 2.41. The molecule has 0 amide bonds. The molecule has 56 heavy (non-hydrogen) atoms. The van der Waals surface area contributed by atoms with Gasteiger partial charge in [0.1, 0.15) is 0 Å². The number of rotatable bonds is 7. The standard InChI is InChI=1S/C55H39N/c1-38-18-14-17-29-52(38)56(44-32-30-40(31-33-44)39-19-6-2-7-20-39)45-34-35-48-51(36-45)46-27-15-16-28-47(46)54-50(42-23-10-4-11-24-42)37-49(41-21-8-3-9-22-41)53(55(48)54)43-25-12-5-13-26-43/h2-37H,1H3. The molecule has 0 radical (unpaired) electrons. The van der Waals surface area contributed by atoms with Crippen LogP contribution in [0.4, 0.5) is 17.1 Å². The summed E-state index contributed by atoms with van der Waals surface area (Å²) in [5, 5.41) is 7.50. The fourth-order valence-electron chi connectivity index (χ4n) is 8.55. The number of hydrogen-bond acceptors (Lipinski definition) is 1. The van der Waals surface area contributed by atoms with Crippen molar-refractivity contribution >= 4 is 49.4 Å². The molecule has 0 aromatic heterocycles. The number of aryl methyl sites for hydroxylation is 1. The summed E-state index contributed by atoms with van der Waals surface area (Å²) in [5.41, 5.74) is 14.4. The second-order valence-electron chi connectivity index (χ2n) is 14.5. The molecule has 10 aromatic carbocycles. The van der Waals surface area contributed by atoms with E-state index in [0.29, 0.717) is 0 Å². The molecule has 0 aliphatic rings. The second-order valence-corrected chi connectivity index (χ2v) is 14.5. The smallest absolute Gasteiger partial charge is 0.0490 e. The van der Waals surface area contributed by atoms with Crippen LogP contribution < -0.4 is 4.90 Å². The lowest BCUT2D eigenvalue weighted by atomic mass is 9.81. The molecule has 0 fully saturated rings. The van der Waals surface area contributed by atoms with Gasteiger partial charge in [-0.2, -0.15) is 0 Å². The van der Waals surface area contributed by atoms with Crippen molar-refractivity contribution in [3.05, 3.63) is 224 Å². The van der Waals surface area contributed by atoms with Gasteiger partial charge in [0, 0.05) is 17.1 Å². The number of nitrogens with zero attached hydrogens (tertiary/aromatic N) is 1. The Kier molecular flexibility index (Phi) is 8.46. The first-order valence-electron chi connectivity index (χ1n) is 19.4. The third-order valence-electron chi connectivity index (χ3n) is 11.2. The Labute approximate surface area is 328 Å². The molecule has 0 atom stereocenters. The summed E-state index contributed by atoms with van der Waals surface area (Å²) in [5.74, 6) is 0. The van der Waals surface area contributed by atoms with Crippen LogP contribution in [0.1, 0.15) is 5.56 Å². The zero-order chi connectivity index (χ0) is 37.4.